The van der Waals surface area contributed by atoms with Gasteiger partial charge in [0.05, 0.1) is 7.11 Å². The van der Waals surface area contributed by atoms with E-state index in [1.54, 1.807) is 7.11 Å². The Morgan fingerprint density at radius 3 is 0.871 bits per heavy atom. The van der Waals surface area contributed by atoms with Crippen molar-refractivity contribution in [3.8, 4) is 5.75 Å². The average molecular weight is 924 g/mol. The van der Waals surface area contributed by atoms with Crippen molar-refractivity contribution in [1.29, 1.82) is 0 Å². The Kier molecular flexibility index (Phi) is 13.9. The van der Waals surface area contributed by atoms with E-state index in [0.717, 1.165) is 17.9 Å². The summed E-state index contributed by atoms with van der Waals surface area (Å²) in [6, 6.07) is 18.9. The van der Waals surface area contributed by atoms with E-state index in [1.807, 2.05) is 12.1 Å². The third-order valence-electron chi connectivity index (χ3n) is 9.32. The molecule has 0 aliphatic heterocycles. The molecule has 0 saturated carbocycles. The fourth-order valence-corrected chi connectivity index (χ4v) is 7.51. The van der Waals surface area contributed by atoms with Crippen LogP contribution in [0.3, 0.4) is 0 Å². The Bertz CT molecular complexity index is 2320. The number of rotatable bonds is 9. The van der Waals surface area contributed by atoms with E-state index < -0.39 is 144 Å². The monoisotopic (exact) mass is 924 g/mol. The quantitative estimate of drug-likeness (QED) is 0.0352. The van der Waals surface area contributed by atoms with Gasteiger partial charge < -0.3 is 4.74 Å². The van der Waals surface area contributed by atoms with Gasteiger partial charge in [-0.1, -0.05) is 30.3 Å². The first-order chi connectivity index (χ1) is 29.1. The Labute approximate surface area is 338 Å². The molecule has 0 spiro atoms. The second-order valence-electron chi connectivity index (χ2n) is 12.6. The minimum absolute atomic E-state index is 0.923. The van der Waals surface area contributed by atoms with Crippen molar-refractivity contribution in [3.05, 3.63) is 177 Å². The van der Waals surface area contributed by atoms with Gasteiger partial charge in [-0.2, -0.15) is 0 Å². The molecule has 0 heterocycles. The highest BCUT2D eigenvalue weighted by Gasteiger charge is 2.52. The van der Waals surface area contributed by atoms with E-state index >= 15 is 35.1 Å². The summed E-state index contributed by atoms with van der Waals surface area (Å²) in [6.45, 7) is 0. The van der Waals surface area contributed by atoms with Gasteiger partial charge in [0, 0.05) is 18.2 Å². The van der Waals surface area contributed by atoms with Crippen LogP contribution in [0.25, 0.3) is 0 Å². The highest BCUT2D eigenvalue weighted by atomic mass is 32.2. The number of ether oxygens (including phenoxy) is 1. The lowest BCUT2D eigenvalue weighted by atomic mass is 9.12. The maximum atomic E-state index is 15.4. The zero-order chi connectivity index (χ0) is 46.3. The highest BCUT2D eigenvalue weighted by molar-refractivity contribution is 7.78. The second kappa shape index (κ2) is 18.2. The van der Waals surface area contributed by atoms with E-state index in [2.05, 4.69) is 42.5 Å². The Morgan fingerprint density at radius 1 is 0.355 bits per heavy atom. The lowest BCUT2D eigenvalue weighted by molar-refractivity contribution is 0.378. The van der Waals surface area contributed by atoms with Crippen LogP contribution in [-0.2, 0) is 18.2 Å². The molecule has 0 fully saturated rings. The molecule has 6 aromatic rings. The Morgan fingerprint density at radius 2 is 0.613 bits per heavy atom. The van der Waals surface area contributed by atoms with Crippen molar-refractivity contribution < 1.29 is 92.5 Å². The fourth-order valence-electron chi connectivity index (χ4n) is 6.52. The predicted octanol–water partition coefficient (Wildman–Crippen LogP) is 8.96. The van der Waals surface area contributed by atoms with Crippen LogP contribution in [0, 0.1) is 116 Å². The molecule has 23 heteroatoms. The summed E-state index contributed by atoms with van der Waals surface area (Å²) in [5.74, 6) is -69.3. The molecule has 62 heavy (non-hydrogen) atoms. The topological polar surface area (TPSA) is 9.23 Å². The molecular weight excluding hydrogens is 907 g/mol. The molecule has 0 aliphatic carbocycles. The third-order valence-corrected chi connectivity index (χ3v) is 10.4. The first-order valence-electron chi connectivity index (χ1n) is 16.7. The molecule has 0 radical (unpaired) electrons. The summed E-state index contributed by atoms with van der Waals surface area (Å²) in [4.78, 5) is 1.35. The number of benzene rings is 6. The summed E-state index contributed by atoms with van der Waals surface area (Å²) >= 11 is 1.38. The van der Waals surface area contributed by atoms with Crippen LogP contribution in [0.5, 0.6) is 5.75 Å². The van der Waals surface area contributed by atoms with Crippen molar-refractivity contribution in [2.24, 2.45) is 0 Å². The summed E-state index contributed by atoms with van der Waals surface area (Å²) in [5.41, 5.74) is -12.9. The largest absolute Gasteiger partial charge is 0.497 e. The smallest absolute Gasteiger partial charge is 0.200 e. The summed E-state index contributed by atoms with van der Waals surface area (Å²) < 4.78 is 299. The summed E-state index contributed by atoms with van der Waals surface area (Å²) in [6.07, 6.45) is -6.08. The van der Waals surface area contributed by atoms with Crippen LogP contribution < -0.4 is 26.6 Å². The second-order valence-corrected chi connectivity index (χ2v) is 13.9. The lowest BCUT2D eigenvalue weighted by Gasteiger charge is -2.44. The minimum atomic E-state index is -7.22. The molecule has 0 atom stereocenters. The number of hydrogen-bond acceptors (Lipinski definition) is 1. The van der Waals surface area contributed by atoms with Gasteiger partial charge in [-0.3, -0.25) is 0 Å². The Balaban J connectivity index is 0.000000355. The van der Waals surface area contributed by atoms with Crippen molar-refractivity contribution in [2.45, 2.75) is 11.3 Å². The van der Waals surface area contributed by atoms with E-state index in [0.29, 0.717) is 0 Å². The Hall–Kier alpha value is -5.87. The van der Waals surface area contributed by atoms with Gasteiger partial charge in [0.25, 0.3) is 0 Å². The molecule has 1 nitrogen and oxygen atoms in total. The van der Waals surface area contributed by atoms with Gasteiger partial charge in [-0.05, 0) is 29.8 Å². The van der Waals surface area contributed by atoms with E-state index in [1.165, 1.54) is 22.2 Å². The first kappa shape index (κ1) is 47.2. The van der Waals surface area contributed by atoms with Gasteiger partial charge in [-0.25, -0.2) is 87.8 Å². The number of methoxy groups -OCH3 is 1. The molecule has 328 valence electrons. The molecule has 6 rings (SSSR count). The van der Waals surface area contributed by atoms with Crippen molar-refractivity contribution in [2.75, 3.05) is 12.9 Å². The van der Waals surface area contributed by atoms with Crippen LogP contribution in [0.15, 0.2) is 59.5 Å². The molecule has 0 amide bonds. The van der Waals surface area contributed by atoms with Crippen LogP contribution in [0.2, 0.25) is 0 Å². The fraction of sp³-hybridized carbons (Fsp3) is 0.0769. The maximum Gasteiger partial charge on any atom is 0.200 e. The minimum Gasteiger partial charge on any atom is -0.497 e. The standard InChI is InChI=1S/C24BF20.C15H16OS/c26-5-1(6(27)14(35)21(42)13(5)34)25(2-7(28)15(36)22(43)16(37)8(2)29,3-9(30)17(38)23(44)18(39)10(3)31)4-11(32)19(40)24(45)20(41)12(4)33;1-16-14-7-9-15(10-8-14)17-12-11-13-5-3-2-4-6-13/h;2-10H,11-12H2,1H3/q-1;/p+1. The summed E-state index contributed by atoms with van der Waals surface area (Å²) in [7, 11) is 1.70. The molecule has 0 aliphatic rings. The van der Waals surface area contributed by atoms with Gasteiger partial charge in [0.15, 0.2) is 74.7 Å². The first-order valence-corrected chi connectivity index (χ1v) is 17.8. The molecule has 0 aromatic heterocycles. The van der Waals surface area contributed by atoms with Crippen LogP contribution >= 0.6 is 0 Å². The van der Waals surface area contributed by atoms with E-state index in [-0.39, 0.29) is 0 Å². The molecule has 0 N–H and O–H groups in total. The van der Waals surface area contributed by atoms with Crippen LogP contribution in [-0.4, -0.2) is 19.0 Å². The highest BCUT2D eigenvalue weighted by Crippen LogP contribution is 2.31. The van der Waals surface area contributed by atoms with E-state index in [9.17, 15) is 52.7 Å². The number of halogens is 20. The number of thiol groups is 1. The van der Waals surface area contributed by atoms with Gasteiger partial charge >= 0.3 is 0 Å². The zero-order valence-electron chi connectivity index (χ0n) is 30.1. The molecule has 0 bridgehead atoms. The van der Waals surface area contributed by atoms with Crippen LogP contribution in [0.4, 0.5) is 87.8 Å². The van der Waals surface area contributed by atoms with E-state index in [4.69, 9.17) is 4.74 Å². The van der Waals surface area contributed by atoms with Gasteiger partial charge in [0.1, 0.15) is 64.2 Å². The summed E-state index contributed by atoms with van der Waals surface area (Å²) in [5, 5.41) is 0. The number of aryl methyl sites for hydroxylation is 1. The van der Waals surface area contributed by atoms with Crippen molar-refractivity contribution in [1.82, 2.24) is 0 Å². The SMILES string of the molecule is COc1ccc([SH+]CCc2ccccc2)cc1.Fc1c(F)c(F)c([B-](c2c(F)c(F)c(F)c(F)c2F)(c2c(F)c(F)c(F)c(F)c2F)c2c(F)c(F)c(F)c(F)c2F)c(F)c1F. The van der Waals surface area contributed by atoms with Gasteiger partial charge in [-0.15, -0.1) is 21.9 Å². The molecule has 6 aromatic carbocycles. The maximum absolute atomic E-state index is 15.4. The third kappa shape index (κ3) is 7.78. The predicted molar refractivity (Wildman–Crippen MR) is 184 cm³/mol. The van der Waals surface area contributed by atoms with Crippen molar-refractivity contribution >= 4 is 39.8 Å². The molecule has 0 unspecified atom stereocenters. The number of hydrogen-bond donors (Lipinski definition) is 0. The lowest BCUT2D eigenvalue weighted by Crippen LogP contribution is -2.81. The van der Waals surface area contributed by atoms with Crippen molar-refractivity contribution in [3.63, 3.8) is 0 Å². The molecular formula is C39H17BF20OS. The van der Waals surface area contributed by atoms with Gasteiger partial charge in [0.2, 0.25) is 0 Å². The zero-order valence-corrected chi connectivity index (χ0v) is 31.0. The molecule has 0 saturated heterocycles. The normalized spacial score (nSPS) is 11.5. The average Bonchev–Trinajstić information content (AvgIpc) is 3.27. The van der Waals surface area contributed by atoms with Crippen LogP contribution in [0.1, 0.15) is 5.56 Å².